The molecule has 1 aromatic heterocycles. The molecule has 0 aromatic carbocycles. The molecule has 2 N–H and O–H groups in total. The lowest BCUT2D eigenvalue weighted by Gasteiger charge is -2.22. The first-order chi connectivity index (χ1) is 7.52. The van der Waals surface area contributed by atoms with Crippen LogP contribution in [0, 0.1) is 5.92 Å². The van der Waals surface area contributed by atoms with Gasteiger partial charge < -0.3 is 10.4 Å². The molecule has 0 aliphatic carbocycles. The Kier molecular flexibility index (Phi) is 4.96. The molecule has 0 aliphatic rings. The maximum Gasteiger partial charge on any atom is 0.0627 e. The fraction of sp³-hybridized carbons (Fsp3) is 0.750. The lowest BCUT2D eigenvalue weighted by molar-refractivity contribution is 0.229. The fourth-order valence-electron chi connectivity index (χ4n) is 1.99. The van der Waals surface area contributed by atoms with Gasteiger partial charge in [-0.15, -0.1) is 0 Å². The van der Waals surface area contributed by atoms with Crippen LogP contribution in [-0.4, -0.2) is 27.5 Å². The summed E-state index contributed by atoms with van der Waals surface area (Å²) >= 11 is 0. The molecule has 0 fully saturated rings. The van der Waals surface area contributed by atoms with Crippen LogP contribution in [-0.2, 0) is 7.05 Å². The minimum absolute atomic E-state index is 0.0116. The maximum absolute atomic E-state index is 9.37. The summed E-state index contributed by atoms with van der Waals surface area (Å²) in [4.78, 5) is 0. The first kappa shape index (κ1) is 13.2. The Hall–Kier alpha value is -0.870. The Balaban J connectivity index is 2.55. The topological polar surface area (TPSA) is 50.1 Å². The molecule has 16 heavy (non-hydrogen) atoms. The molecule has 1 heterocycles. The molecule has 1 aromatic rings. The molecule has 0 radical (unpaired) electrons. The van der Waals surface area contributed by atoms with Gasteiger partial charge in [0.2, 0.25) is 0 Å². The second-order valence-corrected chi connectivity index (χ2v) is 4.88. The average molecular weight is 225 g/mol. The molecule has 0 aliphatic heterocycles. The van der Waals surface area contributed by atoms with E-state index < -0.39 is 0 Å². The Bertz CT molecular complexity index is 309. The number of nitrogens with zero attached hydrogens (tertiary/aromatic N) is 2. The number of hydrogen-bond acceptors (Lipinski definition) is 3. The summed E-state index contributed by atoms with van der Waals surface area (Å²) in [5.74, 6) is 0.663. The number of rotatable bonds is 6. The number of nitrogens with one attached hydrogen (secondary N) is 1. The van der Waals surface area contributed by atoms with E-state index in [-0.39, 0.29) is 12.6 Å². The molecule has 4 nitrogen and oxygen atoms in total. The zero-order valence-corrected chi connectivity index (χ0v) is 10.6. The predicted octanol–water partition coefficient (Wildman–Crippen LogP) is 1.48. The Morgan fingerprint density at radius 1 is 1.44 bits per heavy atom. The van der Waals surface area contributed by atoms with Crippen LogP contribution in [0.1, 0.15) is 38.8 Å². The number of aryl methyl sites for hydroxylation is 1. The monoisotopic (exact) mass is 225 g/mol. The highest BCUT2D eigenvalue weighted by Crippen LogP contribution is 2.14. The van der Waals surface area contributed by atoms with Crippen LogP contribution in [0.3, 0.4) is 0 Å². The fourth-order valence-corrected chi connectivity index (χ4v) is 1.99. The van der Waals surface area contributed by atoms with E-state index in [0.717, 1.165) is 12.0 Å². The average Bonchev–Trinajstić information content (AvgIpc) is 2.60. The molecular formula is C12H23N3O. The third kappa shape index (κ3) is 3.94. The Morgan fingerprint density at radius 2 is 2.12 bits per heavy atom. The normalized spacial score (nSPS) is 15.4. The van der Waals surface area contributed by atoms with Gasteiger partial charge in [0, 0.05) is 24.8 Å². The van der Waals surface area contributed by atoms with Crippen molar-refractivity contribution in [2.24, 2.45) is 13.0 Å². The second kappa shape index (κ2) is 6.01. The van der Waals surface area contributed by atoms with E-state index in [4.69, 9.17) is 0 Å². The molecule has 0 amide bonds. The van der Waals surface area contributed by atoms with E-state index in [1.165, 1.54) is 0 Å². The van der Waals surface area contributed by atoms with Crippen molar-refractivity contribution >= 4 is 0 Å². The zero-order valence-electron chi connectivity index (χ0n) is 10.6. The van der Waals surface area contributed by atoms with Crippen LogP contribution in [0.2, 0.25) is 0 Å². The van der Waals surface area contributed by atoms with Crippen molar-refractivity contribution in [3.8, 4) is 0 Å². The summed E-state index contributed by atoms with van der Waals surface area (Å²) in [6, 6.07) is 0.389. The van der Waals surface area contributed by atoms with Gasteiger partial charge in [-0.2, -0.15) is 5.10 Å². The highest BCUT2D eigenvalue weighted by atomic mass is 16.3. The predicted molar refractivity (Wildman–Crippen MR) is 65.1 cm³/mol. The number of aromatic nitrogens is 2. The Labute approximate surface area is 97.7 Å². The van der Waals surface area contributed by atoms with Crippen LogP contribution >= 0.6 is 0 Å². The third-order valence-electron chi connectivity index (χ3n) is 2.62. The van der Waals surface area contributed by atoms with Gasteiger partial charge in [0.15, 0.2) is 0 Å². The van der Waals surface area contributed by atoms with E-state index >= 15 is 0 Å². The van der Waals surface area contributed by atoms with Gasteiger partial charge in [-0.3, -0.25) is 4.68 Å². The van der Waals surface area contributed by atoms with Gasteiger partial charge in [0.05, 0.1) is 18.8 Å². The first-order valence-electron chi connectivity index (χ1n) is 5.88. The van der Waals surface area contributed by atoms with E-state index in [0.29, 0.717) is 12.0 Å². The molecule has 0 spiro atoms. The summed E-state index contributed by atoms with van der Waals surface area (Å²) in [7, 11) is 1.88. The standard InChI is InChI=1S/C12H23N3O/c1-9(2)5-10(3)14-12(8-16)11-6-13-15(4)7-11/h6-7,9-10,12,14,16H,5,8H2,1-4H3. The molecule has 2 atom stereocenters. The lowest BCUT2D eigenvalue weighted by atomic mass is 10.0. The first-order valence-corrected chi connectivity index (χ1v) is 5.88. The van der Waals surface area contributed by atoms with Crippen LogP contribution in [0.4, 0.5) is 0 Å². The lowest BCUT2D eigenvalue weighted by Crippen LogP contribution is -2.33. The molecular weight excluding hydrogens is 202 g/mol. The van der Waals surface area contributed by atoms with Crippen molar-refractivity contribution < 1.29 is 5.11 Å². The van der Waals surface area contributed by atoms with Gasteiger partial charge in [-0.05, 0) is 19.3 Å². The number of aliphatic hydroxyl groups excluding tert-OH is 1. The van der Waals surface area contributed by atoms with Gasteiger partial charge in [-0.25, -0.2) is 0 Å². The highest BCUT2D eigenvalue weighted by molar-refractivity contribution is 5.10. The molecule has 0 saturated carbocycles. The number of aliphatic hydroxyl groups is 1. The number of hydrogen-bond donors (Lipinski definition) is 2. The maximum atomic E-state index is 9.37. The van der Waals surface area contributed by atoms with Crippen molar-refractivity contribution in [3.05, 3.63) is 18.0 Å². The smallest absolute Gasteiger partial charge is 0.0627 e. The molecule has 2 unspecified atom stereocenters. The van der Waals surface area contributed by atoms with Crippen LogP contribution < -0.4 is 5.32 Å². The van der Waals surface area contributed by atoms with Crippen LogP contribution in [0.25, 0.3) is 0 Å². The van der Waals surface area contributed by atoms with Crippen LogP contribution in [0.5, 0.6) is 0 Å². The van der Waals surface area contributed by atoms with Gasteiger partial charge in [0.25, 0.3) is 0 Å². The van der Waals surface area contributed by atoms with Crippen molar-refractivity contribution in [3.63, 3.8) is 0 Å². The molecule has 0 bridgehead atoms. The molecule has 1 rings (SSSR count). The Morgan fingerprint density at radius 3 is 2.56 bits per heavy atom. The molecule has 4 heteroatoms. The summed E-state index contributed by atoms with van der Waals surface area (Å²) in [5.41, 5.74) is 1.04. The molecule has 92 valence electrons. The highest BCUT2D eigenvalue weighted by Gasteiger charge is 2.15. The second-order valence-electron chi connectivity index (χ2n) is 4.88. The minimum Gasteiger partial charge on any atom is -0.394 e. The van der Waals surface area contributed by atoms with Crippen LogP contribution in [0.15, 0.2) is 12.4 Å². The quantitative estimate of drug-likeness (QED) is 0.771. The molecule has 0 saturated heterocycles. The van der Waals surface area contributed by atoms with Crippen molar-refractivity contribution in [1.29, 1.82) is 0 Å². The van der Waals surface area contributed by atoms with Gasteiger partial charge in [0.1, 0.15) is 0 Å². The zero-order chi connectivity index (χ0) is 12.1. The third-order valence-corrected chi connectivity index (χ3v) is 2.62. The van der Waals surface area contributed by atoms with E-state index in [1.807, 2.05) is 13.2 Å². The summed E-state index contributed by atoms with van der Waals surface area (Å²) in [5, 5.41) is 16.9. The van der Waals surface area contributed by atoms with Crippen molar-refractivity contribution in [2.45, 2.75) is 39.3 Å². The summed E-state index contributed by atoms with van der Waals surface area (Å²) < 4.78 is 1.76. The minimum atomic E-state index is -0.0116. The summed E-state index contributed by atoms with van der Waals surface area (Å²) in [6.45, 7) is 6.67. The van der Waals surface area contributed by atoms with Gasteiger partial charge in [-0.1, -0.05) is 13.8 Å². The van der Waals surface area contributed by atoms with E-state index in [2.05, 4.69) is 31.2 Å². The summed E-state index contributed by atoms with van der Waals surface area (Å²) in [6.07, 6.45) is 4.85. The van der Waals surface area contributed by atoms with E-state index in [1.54, 1.807) is 10.9 Å². The van der Waals surface area contributed by atoms with Crippen molar-refractivity contribution in [2.75, 3.05) is 6.61 Å². The van der Waals surface area contributed by atoms with E-state index in [9.17, 15) is 5.11 Å². The van der Waals surface area contributed by atoms with Gasteiger partial charge >= 0.3 is 0 Å². The largest absolute Gasteiger partial charge is 0.394 e. The SMILES string of the molecule is CC(C)CC(C)NC(CO)c1cnn(C)c1. The van der Waals surface area contributed by atoms with Crippen molar-refractivity contribution in [1.82, 2.24) is 15.1 Å².